The molecule has 1 unspecified atom stereocenters. The van der Waals surface area contributed by atoms with E-state index in [0.717, 1.165) is 49.3 Å². The van der Waals surface area contributed by atoms with Gasteiger partial charge < -0.3 is 15.3 Å². The Morgan fingerprint density at radius 2 is 1.52 bits per heavy atom. The van der Waals surface area contributed by atoms with Gasteiger partial charge in [0.2, 0.25) is 5.91 Å². The van der Waals surface area contributed by atoms with Crippen LogP contribution in [0, 0.1) is 0 Å². The van der Waals surface area contributed by atoms with Gasteiger partial charge in [-0.1, -0.05) is 69.9 Å². The smallest absolute Gasteiger partial charge is 0.305 e. The lowest BCUT2D eigenvalue weighted by Gasteiger charge is -2.27. The summed E-state index contributed by atoms with van der Waals surface area (Å²) < 4.78 is 0. The van der Waals surface area contributed by atoms with E-state index in [1.54, 1.807) is 17.0 Å². The number of rotatable bonds is 13. The van der Waals surface area contributed by atoms with Crippen molar-refractivity contribution < 1.29 is 19.5 Å². The third kappa shape index (κ3) is 7.70. The Balaban J connectivity index is 2.16. The molecular formula is C25H34N2O4. The molecule has 0 fully saturated rings. The maximum absolute atomic E-state index is 13.2. The van der Waals surface area contributed by atoms with Crippen LogP contribution in [0.5, 0.6) is 0 Å². The van der Waals surface area contributed by atoms with Gasteiger partial charge in [0.25, 0.3) is 5.91 Å². The molecule has 0 aliphatic carbocycles. The van der Waals surface area contributed by atoms with Gasteiger partial charge in [-0.2, -0.15) is 0 Å². The maximum Gasteiger partial charge on any atom is 0.305 e. The zero-order valence-corrected chi connectivity index (χ0v) is 18.6. The number of nitrogens with zero attached hydrogens (tertiary/aromatic N) is 1. The molecule has 0 bridgehead atoms. The number of amides is 2. The molecule has 0 saturated carbocycles. The van der Waals surface area contributed by atoms with Crippen molar-refractivity contribution in [3.8, 4) is 0 Å². The number of hydrogen-bond acceptors (Lipinski definition) is 3. The second kappa shape index (κ2) is 12.7. The Labute approximate surface area is 184 Å². The van der Waals surface area contributed by atoms with E-state index in [1.165, 1.54) is 0 Å². The fourth-order valence-electron chi connectivity index (χ4n) is 3.60. The maximum atomic E-state index is 13.2. The van der Waals surface area contributed by atoms with Crippen molar-refractivity contribution in [2.75, 3.05) is 13.1 Å². The van der Waals surface area contributed by atoms with E-state index in [2.05, 4.69) is 19.2 Å². The van der Waals surface area contributed by atoms with Crippen LogP contribution in [0.25, 0.3) is 10.8 Å². The Morgan fingerprint density at radius 3 is 2.10 bits per heavy atom. The van der Waals surface area contributed by atoms with Crippen molar-refractivity contribution in [2.45, 2.75) is 64.8 Å². The normalized spacial score (nSPS) is 11.8. The standard InChI is InChI=1S/C25H34N2O4/c1-3-5-9-15-27(16-10-6-4-2)25(31)22(18-23(28)29)26-24(30)21-14-13-19-11-7-8-12-20(19)17-21/h7-8,11-14,17,22H,3-6,9-10,15-16,18H2,1-2H3,(H,26,30)(H,28,29). The molecule has 2 aromatic carbocycles. The van der Waals surface area contributed by atoms with E-state index in [0.29, 0.717) is 18.7 Å². The van der Waals surface area contributed by atoms with Gasteiger partial charge in [-0.25, -0.2) is 0 Å². The van der Waals surface area contributed by atoms with Crippen molar-refractivity contribution in [3.05, 3.63) is 48.0 Å². The van der Waals surface area contributed by atoms with Crippen LogP contribution in [0.1, 0.15) is 69.2 Å². The van der Waals surface area contributed by atoms with E-state index < -0.39 is 24.3 Å². The molecule has 2 N–H and O–H groups in total. The number of carbonyl (C=O) groups is 3. The van der Waals surface area contributed by atoms with Crippen LogP contribution in [0.4, 0.5) is 0 Å². The van der Waals surface area contributed by atoms with Crippen LogP contribution in [-0.2, 0) is 9.59 Å². The molecule has 2 amide bonds. The number of fused-ring (bicyclic) bond motifs is 1. The number of hydrogen-bond donors (Lipinski definition) is 2. The Hall–Kier alpha value is -2.89. The molecule has 6 heteroatoms. The van der Waals surface area contributed by atoms with Gasteiger partial charge in [-0.3, -0.25) is 14.4 Å². The quantitative estimate of drug-likeness (QED) is 0.458. The van der Waals surface area contributed by atoms with E-state index in [9.17, 15) is 19.5 Å². The summed E-state index contributed by atoms with van der Waals surface area (Å²) in [7, 11) is 0. The zero-order chi connectivity index (χ0) is 22.6. The summed E-state index contributed by atoms with van der Waals surface area (Å²) in [5.74, 6) is -1.87. The van der Waals surface area contributed by atoms with Crippen LogP contribution in [0.3, 0.4) is 0 Å². The Kier molecular flexibility index (Phi) is 10.0. The lowest BCUT2D eigenvalue weighted by atomic mass is 10.1. The van der Waals surface area contributed by atoms with Crippen molar-refractivity contribution in [1.82, 2.24) is 10.2 Å². The number of carbonyl (C=O) groups excluding carboxylic acids is 2. The predicted molar refractivity (Wildman–Crippen MR) is 123 cm³/mol. The molecule has 168 valence electrons. The van der Waals surface area contributed by atoms with Gasteiger partial charge in [-0.15, -0.1) is 0 Å². The van der Waals surface area contributed by atoms with Crippen molar-refractivity contribution in [3.63, 3.8) is 0 Å². The van der Waals surface area contributed by atoms with Crippen LogP contribution >= 0.6 is 0 Å². The molecule has 0 aromatic heterocycles. The first-order valence-electron chi connectivity index (χ1n) is 11.3. The first kappa shape index (κ1) is 24.4. The molecule has 31 heavy (non-hydrogen) atoms. The van der Waals surface area contributed by atoms with E-state index >= 15 is 0 Å². The topological polar surface area (TPSA) is 86.7 Å². The lowest BCUT2D eigenvalue weighted by Crippen LogP contribution is -2.50. The summed E-state index contributed by atoms with van der Waals surface area (Å²) in [6.07, 6.45) is 5.38. The summed E-state index contributed by atoms with van der Waals surface area (Å²) in [4.78, 5) is 39.2. The lowest BCUT2D eigenvalue weighted by molar-refractivity contribution is -0.142. The average molecular weight is 427 g/mol. The molecular weight excluding hydrogens is 392 g/mol. The highest BCUT2D eigenvalue weighted by Gasteiger charge is 2.28. The second-order valence-corrected chi connectivity index (χ2v) is 7.93. The first-order valence-corrected chi connectivity index (χ1v) is 11.3. The fourth-order valence-corrected chi connectivity index (χ4v) is 3.60. The minimum absolute atomic E-state index is 0.316. The minimum atomic E-state index is -1.11. The van der Waals surface area contributed by atoms with Gasteiger partial charge in [0.05, 0.1) is 6.42 Å². The van der Waals surface area contributed by atoms with Gasteiger partial charge >= 0.3 is 5.97 Å². The number of carboxylic acids is 1. The average Bonchev–Trinajstić information content (AvgIpc) is 2.76. The molecule has 0 saturated heterocycles. The van der Waals surface area contributed by atoms with E-state index in [1.807, 2.05) is 30.3 Å². The number of aliphatic carboxylic acids is 1. The summed E-state index contributed by atoms with van der Waals surface area (Å²) in [6.45, 7) is 5.36. The molecule has 0 radical (unpaired) electrons. The largest absolute Gasteiger partial charge is 0.481 e. The molecule has 0 aliphatic heterocycles. The summed E-state index contributed by atoms with van der Waals surface area (Å²) in [5, 5.41) is 13.9. The van der Waals surface area contributed by atoms with Crippen LogP contribution in [0.15, 0.2) is 42.5 Å². The molecule has 1 atom stereocenters. The van der Waals surface area contributed by atoms with Crippen molar-refractivity contribution in [2.24, 2.45) is 0 Å². The summed E-state index contributed by atoms with van der Waals surface area (Å²) in [6, 6.07) is 11.9. The third-order valence-electron chi connectivity index (χ3n) is 5.37. The molecule has 2 rings (SSSR count). The summed E-state index contributed by atoms with van der Waals surface area (Å²) in [5.41, 5.74) is 0.408. The van der Waals surface area contributed by atoms with E-state index in [4.69, 9.17) is 0 Å². The summed E-state index contributed by atoms with van der Waals surface area (Å²) >= 11 is 0. The number of unbranched alkanes of at least 4 members (excludes halogenated alkanes) is 4. The molecule has 6 nitrogen and oxygen atoms in total. The van der Waals surface area contributed by atoms with Crippen LogP contribution in [0.2, 0.25) is 0 Å². The van der Waals surface area contributed by atoms with Crippen molar-refractivity contribution >= 4 is 28.6 Å². The second-order valence-electron chi connectivity index (χ2n) is 7.93. The minimum Gasteiger partial charge on any atom is -0.481 e. The van der Waals surface area contributed by atoms with Gasteiger partial charge in [-0.05, 0) is 35.7 Å². The van der Waals surface area contributed by atoms with Gasteiger partial charge in [0.15, 0.2) is 0 Å². The molecule has 0 spiro atoms. The van der Waals surface area contributed by atoms with Crippen LogP contribution in [-0.4, -0.2) is 46.9 Å². The monoisotopic (exact) mass is 426 g/mol. The first-order chi connectivity index (χ1) is 15.0. The Morgan fingerprint density at radius 1 is 0.903 bits per heavy atom. The Bertz CT molecular complexity index is 871. The number of carboxylic acid groups (broad SMARTS) is 1. The van der Waals surface area contributed by atoms with Crippen molar-refractivity contribution in [1.29, 1.82) is 0 Å². The molecule has 0 heterocycles. The molecule has 0 aliphatic rings. The fraction of sp³-hybridized carbons (Fsp3) is 0.480. The van der Waals surface area contributed by atoms with E-state index in [-0.39, 0.29) is 5.91 Å². The van der Waals surface area contributed by atoms with Crippen LogP contribution < -0.4 is 5.32 Å². The third-order valence-corrected chi connectivity index (χ3v) is 5.37. The highest BCUT2D eigenvalue weighted by Crippen LogP contribution is 2.16. The van der Waals surface area contributed by atoms with Gasteiger partial charge in [0.1, 0.15) is 6.04 Å². The SMILES string of the molecule is CCCCCN(CCCCC)C(=O)C(CC(=O)O)NC(=O)c1ccc2ccccc2c1. The van der Waals surface area contributed by atoms with Gasteiger partial charge in [0, 0.05) is 18.7 Å². The zero-order valence-electron chi connectivity index (χ0n) is 18.6. The number of nitrogens with one attached hydrogen (secondary N) is 1. The number of benzene rings is 2. The predicted octanol–water partition coefficient (Wildman–Crippen LogP) is 4.62. The highest BCUT2D eigenvalue weighted by atomic mass is 16.4. The highest BCUT2D eigenvalue weighted by molar-refractivity contribution is 6.01. The molecule has 2 aromatic rings.